The Balaban J connectivity index is 0.555. The number of carboxylic acid groups (broad SMARTS) is 1. The first-order valence-electron chi connectivity index (χ1n) is 31.2. The number of ether oxygens (including phenoxy) is 7. The maximum atomic E-state index is 13.6. The molecule has 5 unspecified atom stereocenters. The van der Waals surface area contributed by atoms with Crippen molar-refractivity contribution in [3.05, 3.63) is 93.3 Å². The van der Waals surface area contributed by atoms with E-state index in [1.54, 1.807) is 10.6 Å². The smallest absolute Gasteiger partial charge is 0.478 e. The summed E-state index contributed by atoms with van der Waals surface area (Å²) in [6.45, 7) is 9.85. The fraction of sp³-hybridized carbons (Fsp3) is 0.576. The number of carbonyl (C=O) groups excluding carboxylic acids is 2. The molecule has 30 nitrogen and oxygen atoms in total. The quantitative estimate of drug-likeness (QED) is 0.00850. The molecule has 1 aliphatic carbocycles. The number of phosphoric acid groups is 3. The number of anilines is 2. The monoisotopic (exact) mass is 1410 g/mol. The van der Waals surface area contributed by atoms with Gasteiger partial charge in [-0.15, -0.1) is 0 Å². The van der Waals surface area contributed by atoms with E-state index in [-0.39, 0.29) is 93.0 Å². The number of nitrogens with zero attached hydrogens (tertiary/aromatic N) is 6. The molecule has 6 aliphatic heterocycles. The van der Waals surface area contributed by atoms with Gasteiger partial charge in [0.05, 0.1) is 83.0 Å². The van der Waals surface area contributed by atoms with Crippen LogP contribution in [0.5, 0.6) is 5.75 Å². The Morgan fingerprint density at radius 1 is 0.840 bits per heavy atom. The maximum absolute atomic E-state index is 13.6. The highest BCUT2D eigenvalue weighted by Crippen LogP contribution is 2.66. The van der Waals surface area contributed by atoms with Gasteiger partial charge in [0, 0.05) is 96.4 Å². The number of benzene rings is 2. The van der Waals surface area contributed by atoms with Crippen LogP contribution in [0.2, 0.25) is 0 Å². The van der Waals surface area contributed by atoms with Gasteiger partial charge in [-0.25, -0.2) is 38.0 Å². The number of aromatic carboxylic acids is 1. The number of nitrogens with two attached hydrogens (primary N) is 1. The van der Waals surface area contributed by atoms with Crippen molar-refractivity contribution >= 4 is 91.2 Å². The Bertz CT molecular complexity index is 3730. The minimum atomic E-state index is -5.76. The van der Waals surface area contributed by atoms with Gasteiger partial charge in [0.1, 0.15) is 54.7 Å². The van der Waals surface area contributed by atoms with Crippen LogP contribution >= 0.6 is 45.1 Å². The molecule has 7 atom stereocenters. The van der Waals surface area contributed by atoms with Crippen LogP contribution in [0.4, 0.5) is 11.5 Å². The molecule has 0 saturated carbocycles. The van der Waals surface area contributed by atoms with Crippen LogP contribution in [0, 0.1) is 5.92 Å². The molecule has 1 fully saturated rings. The van der Waals surface area contributed by atoms with Crippen LogP contribution in [-0.4, -0.2) is 194 Å². The molecule has 0 spiro atoms. The first kappa shape index (κ1) is 70.1. The maximum Gasteiger partial charge on any atom is 0.490 e. The van der Waals surface area contributed by atoms with Crippen LogP contribution in [0.3, 0.4) is 0 Å². The molecule has 11 rings (SSSR count). The first-order valence-corrected chi connectivity index (χ1v) is 38.1. The largest absolute Gasteiger partial charge is 0.490 e. The van der Waals surface area contributed by atoms with E-state index in [4.69, 9.17) is 53.2 Å². The number of imidazole rings is 1. The van der Waals surface area contributed by atoms with Gasteiger partial charge in [-0.1, -0.05) is 33.7 Å². The molecular weight excluding hydrogens is 1330 g/mol. The SMILES string of the molecule is CC(C)(CNC(=O)CCOCCOCCOCCOCCNC(=O)c1ccc(C2c3cc4c5c(c3OC3=C6CCC[N+]7=C6C(=CC32)CCC7)CCCN5CCC4)c(C(=O)O)c1)SSCOC1C[C@H](n2cnc3c(N)ncnc32)O[C@@H]1COP(=O)(O)OP(=O)(O)OP(=O)(O)O. The third-order valence-electron chi connectivity index (χ3n) is 17.0. The molecule has 512 valence electrons. The summed E-state index contributed by atoms with van der Waals surface area (Å²) < 4.78 is 93.5. The van der Waals surface area contributed by atoms with Crippen LogP contribution in [0.25, 0.3) is 11.2 Å². The van der Waals surface area contributed by atoms with Crippen LogP contribution < -0.4 is 26.0 Å². The highest BCUT2D eigenvalue weighted by atomic mass is 33.1. The van der Waals surface area contributed by atoms with Crippen LogP contribution in [0.1, 0.15) is 120 Å². The van der Waals surface area contributed by atoms with Crippen molar-refractivity contribution in [3.63, 3.8) is 0 Å². The summed E-state index contributed by atoms with van der Waals surface area (Å²) >= 11 is 0. The van der Waals surface area contributed by atoms with Gasteiger partial charge in [0.2, 0.25) is 11.6 Å². The van der Waals surface area contributed by atoms with Gasteiger partial charge >= 0.3 is 29.4 Å². The van der Waals surface area contributed by atoms with E-state index in [0.29, 0.717) is 43.1 Å². The lowest BCUT2D eigenvalue weighted by Crippen LogP contribution is -2.41. The average Bonchev–Trinajstić information content (AvgIpc) is 0.885. The third kappa shape index (κ3) is 17.2. The third-order valence-corrected chi connectivity index (χ3v) is 23.8. The van der Waals surface area contributed by atoms with Crippen molar-refractivity contribution < 1.29 is 104 Å². The number of carboxylic acids is 1. The average molecular weight is 1410 g/mol. The van der Waals surface area contributed by atoms with Gasteiger partial charge in [0.15, 0.2) is 11.5 Å². The zero-order valence-electron chi connectivity index (χ0n) is 52.0. The van der Waals surface area contributed by atoms with Crippen molar-refractivity contribution in [1.82, 2.24) is 30.2 Å². The fourth-order valence-electron chi connectivity index (χ4n) is 13.1. The van der Waals surface area contributed by atoms with Crippen LogP contribution in [0.15, 0.2) is 59.9 Å². The predicted molar refractivity (Wildman–Crippen MR) is 344 cm³/mol. The van der Waals surface area contributed by atoms with E-state index >= 15 is 0 Å². The van der Waals surface area contributed by atoms with E-state index in [2.05, 4.69) is 55.8 Å². The van der Waals surface area contributed by atoms with Crippen molar-refractivity contribution in [2.75, 3.05) is 115 Å². The number of aryl methyl sites for hydroxylation is 1. The van der Waals surface area contributed by atoms with E-state index in [1.807, 2.05) is 19.9 Å². The topological polar surface area (TPSA) is 396 Å². The molecule has 9 N–H and O–H groups in total. The second-order valence-corrected chi connectivity index (χ2v) is 31.5. The minimum absolute atomic E-state index is 0.0548. The normalized spacial score (nSPS) is 22.1. The molecule has 4 aromatic rings. The number of nitrogen functional groups attached to an aromatic ring is 1. The number of phosphoric ester groups is 1. The van der Waals surface area contributed by atoms with Gasteiger partial charge < -0.3 is 79.1 Å². The molecule has 0 radical (unpaired) electrons. The second-order valence-electron chi connectivity index (χ2n) is 24.1. The van der Waals surface area contributed by atoms with Gasteiger partial charge in [-0.05, 0) is 81.7 Å². The second kappa shape index (κ2) is 30.7. The number of rotatable bonds is 33. The Hall–Kier alpha value is -5.18. The number of hydrogen-bond donors (Lipinski definition) is 8. The molecule has 7 aliphatic rings. The summed E-state index contributed by atoms with van der Waals surface area (Å²) in [5.74, 6) is -0.165. The van der Waals surface area contributed by atoms with Crippen molar-refractivity contribution in [1.29, 1.82) is 0 Å². The van der Waals surface area contributed by atoms with Crippen LogP contribution in [-0.2, 0) is 72.9 Å². The van der Waals surface area contributed by atoms with E-state index in [1.165, 1.54) is 74.0 Å². The zero-order valence-corrected chi connectivity index (χ0v) is 56.3. The minimum Gasteiger partial charge on any atom is -0.478 e. The number of nitrogens with one attached hydrogen (secondary N) is 2. The first-order chi connectivity index (χ1) is 45.0. The molecule has 2 aromatic carbocycles. The number of allylic oxidation sites excluding steroid dienone is 3. The van der Waals surface area contributed by atoms with Crippen molar-refractivity contribution in [2.45, 2.75) is 107 Å². The number of amides is 2. The number of hydrogen-bond acceptors (Lipinski definition) is 23. The highest BCUT2D eigenvalue weighted by molar-refractivity contribution is 8.77. The molecule has 8 heterocycles. The Labute approximate surface area is 549 Å². The summed E-state index contributed by atoms with van der Waals surface area (Å²) in [5, 5.41) is 16.7. The summed E-state index contributed by atoms with van der Waals surface area (Å²) in [5.41, 5.74) is 16.4. The Morgan fingerprint density at radius 2 is 1.56 bits per heavy atom. The Kier molecular flexibility index (Phi) is 22.9. The lowest BCUT2D eigenvalue weighted by molar-refractivity contribution is -0.533. The molecule has 94 heavy (non-hydrogen) atoms. The van der Waals surface area contributed by atoms with Gasteiger partial charge in [-0.2, -0.15) is 8.62 Å². The van der Waals surface area contributed by atoms with E-state index in [0.717, 1.165) is 94.6 Å². The molecule has 1 saturated heterocycles. The lowest BCUT2D eigenvalue weighted by atomic mass is 9.68. The fourth-order valence-corrected chi connectivity index (χ4v) is 18.3. The molecule has 2 amide bonds. The zero-order chi connectivity index (χ0) is 66.4. The molecular formula is C59H79N9O21P3S2+. The number of aromatic nitrogens is 4. The standard InChI is InChI=1S/C59H78N9O21P3S2/c1-59(2,94-93-35-84-45-30-48(68-34-65-50-55(60)63-33-64-56(50)68)86-46(45)31-85-91(76,77)89-92(78,79)88-90(73,74)75)32-62-47(69)13-19-80-21-23-82-25-26-83-24-22-81-20-14-61-57(70)38-11-12-39(42(29-38)58(71)72)49-43-27-36-7-3-15-66-17-5-9-40(51(36)66)53(43)87-54-41-10-6-18-67-16-4-8-37(52(41)67)28-44(49)54/h11-12,27-29,33-34,43,45-46,48-49H,3-10,13-26,30-32,35H2,1-2H3,(H8-,60,61,62,63,64,69,70,71,72,73,74,75,76,77,78,79)/p+1/t43?,45?,46-,48-,49?/m1/s1. The summed E-state index contributed by atoms with van der Waals surface area (Å²) in [7, 11) is -14.1. The number of carbonyl (C=O) groups is 3. The van der Waals surface area contributed by atoms with Crippen molar-refractivity contribution in [2.24, 2.45) is 5.92 Å². The van der Waals surface area contributed by atoms with Gasteiger partial charge in [-0.3, -0.25) is 18.7 Å². The van der Waals surface area contributed by atoms with E-state index in [9.17, 15) is 43.0 Å². The lowest BCUT2D eigenvalue weighted by Gasteiger charge is -2.44. The highest BCUT2D eigenvalue weighted by Gasteiger charge is 2.49. The molecule has 2 aromatic heterocycles. The molecule has 35 heteroatoms. The summed E-state index contributed by atoms with van der Waals surface area (Å²) in [4.78, 5) is 91.9. The van der Waals surface area contributed by atoms with Crippen molar-refractivity contribution in [3.8, 4) is 5.75 Å². The summed E-state index contributed by atoms with van der Waals surface area (Å²) in [6, 6.07) is 7.42. The summed E-state index contributed by atoms with van der Waals surface area (Å²) in [6.07, 6.45) is 10.5. The van der Waals surface area contributed by atoms with E-state index < -0.39 is 65.1 Å². The number of fused-ring (bicyclic) bond motifs is 4. The predicted octanol–water partition coefficient (Wildman–Crippen LogP) is 6.32. The van der Waals surface area contributed by atoms with Gasteiger partial charge in [0.25, 0.3) is 5.91 Å². The molecule has 0 bridgehead atoms. The Morgan fingerprint density at radius 3 is 2.31 bits per heavy atom.